The standard InChI is InChI=1S/C20H26O10/c1-11(10-29-20-19(27)18(26)17(25)15(9-21)30-20)6-7-28-14-4-2-12(8-13(14)22)3-5-16(23)24/h2-6,8,15,17-22,25-27H,7,9-10H2,1H3,(H,23,24)/b5-3+,11-6+/t15-,17-,18+,19-,20-/m1/s1. The molecule has 1 aromatic rings. The average Bonchev–Trinajstić information content (AvgIpc) is 2.71. The summed E-state index contributed by atoms with van der Waals surface area (Å²) in [6.07, 6.45) is -2.74. The van der Waals surface area contributed by atoms with Crippen molar-refractivity contribution in [2.45, 2.75) is 37.6 Å². The highest BCUT2D eigenvalue weighted by Gasteiger charge is 2.43. The lowest BCUT2D eigenvalue weighted by Gasteiger charge is -2.39. The van der Waals surface area contributed by atoms with Gasteiger partial charge in [0, 0.05) is 6.08 Å². The summed E-state index contributed by atoms with van der Waals surface area (Å²) >= 11 is 0. The lowest BCUT2D eigenvalue weighted by atomic mass is 9.99. The second-order valence-corrected chi connectivity index (χ2v) is 6.77. The minimum absolute atomic E-state index is 0.0248. The molecule has 0 amide bonds. The summed E-state index contributed by atoms with van der Waals surface area (Å²) in [6, 6.07) is 4.46. The molecule has 0 spiro atoms. The predicted molar refractivity (Wildman–Crippen MR) is 104 cm³/mol. The van der Waals surface area contributed by atoms with E-state index in [2.05, 4.69) is 0 Å². The van der Waals surface area contributed by atoms with Crippen LogP contribution in [0.1, 0.15) is 12.5 Å². The number of ether oxygens (including phenoxy) is 3. The van der Waals surface area contributed by atoms with Gasteiger partial charge < -0.3 is 44.8 Å². The van der Waals surface area contributed by atoms with Gasteiger partial charge in [-0.05, 0) is 42.3 Å². The number of carbonyl (C=O) groups is 1. The minimum Gasteiger partial charge on any atom is -0.504 e. The van der Waals surface area contributed by atoms with Crippen LogP contribution in [-0.4, -0.2) is 87.1 Å². The fraction of sp³-hybridized carbons (Fsp3) is 0.450. The highest BCUT2D eigenvalue weighted by molar-refractivity contribution is 5.85. The van der Waals surface area contributed by atoms with E-state index in [1.165, 1.54) is 18.2 Å². The van der Waals surface area contributed by atoms with E-state index in [9.17, 15) is 25.2 Å². The van der Waals surface area contributed by atoms with Crippen LogP contribution >= 0.6 is 0 Å². The van der Waals surface area contributed by atoms with Gasteiger partial charge in [0.05, 0.1) is 13.2 Å². The summed E-state index contributed by atoms with van der Waals surface area (Å²) in [7, 11) is 0. The third-order valence-corrected chi connectivity index (χ3v) is 4.40. The first-order valence-electron chi connectivity index (χ1n) is 9.17. The molecule has 0 bridgehead atoms. The second-order valence-electron chi connectivity index (χ2n) is 6.77. The fourth-order valence-electron chi connectivity index (χ4n) is 2.68. The Morgan fingerprint density at radius 3 is 2.57 bits per heavy atom. The topological polar surface area (TPSA) is 166 Å². The number of aromatic hydroxyl groups is 1. The molecule has 0 unspecified atom stereocenters. The number of aliphatic carboxylic acids is 1. The van der Waals surface area contributed by atoms with Gasteiger partial charge in [-0.15, -0.1) is 0 Å². The zero-order chi connectivity index (χ0) is 22.3. The summed E-state index contributed by atoms with van der Waals surface area (Å²) in [5.41, 5.74) is 1.20. The van der Waals surface area contributed by atoms with E-state index >= 15 is 0 Å². The summed E-state index contributed by atoms with van der Waals surface area (Å²) in [5, 5.41) is 57.2. The van der Waals surface area contributed by atoms with Gasteiger partial charge in [0.1, 0.15) is 31.0 Å². The molecule has 0 saturated carbocycles. The van der Waals surface area contributed by atoms with Crippen LogP contribution in [0.15, 0.2) is 35.9 Å². The molecule has 10 heteroatoms. The summed E-state index contributed by atoms with van der Waals surface area (Å²) in [4.78, 5) is 10.5. The SMILES string of the molecule is C/C(=C\COc1ccc(/C=C/C(=O)O)cc1O)CO[C@@H]1O[C@H](CO)[C@@H](O)[C@H](O)[C@H]1O. The van der Waals surface area contributed by atoms with Crippen molar-refractivity contribution in [2.75, 3.05) is 19.8 Å². The van der Waals surface area contributed by atoms with Gasteiger partial charge in [-0.3, -0.25) is 0 Å². The average molecular weight is 426 g/mol. The Bertz CT molecular complexity index is 773. The van der Waals surface area contributed by atoms with Gasteiger partial charge >= 0.3 is 5.97 Å². The number of hydrogen-bond donors (Lipinski definition) is 6. The number of carboxylic acids is 1. The molecule has 6 N–H and O–H groups in total. The lowest BCUT2D eigenvalue weighted by molar-refractivity contribution is -0.299. The van der Waals surface area contributed by atoms with Crippen LogP contribution < -0.4 is 4.74 Å². The van der Waals surface area contributed by atoms with E-state index in [4.69, 9.17) is 24.4 Å². The summed E-state index contributed by atoms with van der Waals surface area (Å²) in [5.74, 6) is -1.03. The maximum Gasteiger partial charge on any atom is 0.328 e. The zero-order valence-electron chi connectivity index (χ0n) is 16.3. The fourth-order valence-corrected chi connectivity index (χ4v) is 2.68. The van der Waals surface area contributed by atoms with Gasteiger partial charge in [0.2, 0.25) is 0 Å². The highest BCUT2D eigenvalue weighted by Crippen LogP contribution is 2.27. The third kappa shape index (κ3) is 6.52. The van der Waals surface area contributed by atoms with Crippen LogP contribution in [0.2, 0.25) is 0 Å². The van der Waals surface area contributed by atoms with Crippen LogP contribution in [0.5, 0.6) is 11.5 Å². The Labute approximate surface area is 172 Å². The van der Waals surface area contributed by atoms with Crippen LogP contribution in [-0.2, 0) is 14.3 Å². The summed E-state index contributed by atoms with van der Waals surface area (Å²) in [6.45, 7) is 1.31. The number of rotatable bonds is 9. The number of aliphatic hydroxyl groups excluding tert-OH is 4. The molecular weight excluding hydrogens is 400 g/mol. The molecule has 0 aromatic heterocycles. The number of aliphatic hydroxyl groups is 4. The van der Waals surface area contributed by atoms with Crippen molar-refractivity contribution in [3.8, 4) is 11.5 Å². The molecule has 10 nitrogen and oxygen atoms in total. The Morgan fingerprint density at radius 2 is 1.93 bits per heavy atom. The molecule has 30 heavy (non-hydrogen) atoms. The number of carboxylic acid groups (broad SMARTS) is 1. The quantitative estimate of drug-likeness (QED) is 0.227. The van der Waals surface area contributed by atoms with Crippen molar-refractivity contribution in [1.29, 1.82) is 0 Å². The first kappa shape index (κ1) is 23.8. The van der Waals surface area contributed by atoms with Gasteiger partial charge in [0.15, 0.2) is 17.8 Å². The van der Waals surface area contributed by atoms with Crippen LogP contribution in [0.25, 0.3) is 6.08 Å². The van der Waals surface area contributed by atoms with Crippen molar-refractivity contribution in [3.05, 3.63) is 41.5 Å². The van der Waals surface area contributed by atoms with Crippen LogP contribution in [0.3, 0.4) is 0 Å². The van der Waals surface area contributed by atoms with E-state index in [1.54, 1.807) is 19.1 Å². The number of hydrogen-bond acceptors (Lipinski definition) is 9. The first-order chi connectivity index (χ1) is 14.2. The molecular formula is C20H26O10. The Morgan fingerprint density at radius 1 is 1.20 bits per heavy atom. The molecule has 0 radical (unpaired) electrons. The Balaban J connectivity index is 1.85. The molecule has 2 rings (SSSR count). The van der Waals surface area contributed by atoms with Crippen molar-refractivity contribution in [2.24, 2.45) is 0 Å². The third-order valence-electron chi connectivity index (χ3n) is 4.40. The lowest BCUT2D eigenvalue weighted by Crippen LogP contribution is -2.59. The number of phenolic OH excluding ortho intramolecular Hbond substituents is 1. The predicted octanol–water partition coefficient (Wildman–Crippen LogP) is -0.368. The number of phenols is 1. The van der Waals surface area contributed by atoms with Crippen LogP contribution in [0, 0.1) is 0 Å². The molecule has 1 aliphatic rings. The van der Waals surface area contributed by atoms with E-state index in [0.717, 1.165) is 6.08 Å². The number of benzene rings is 1. The van der Waals surface area contributed by atoms with Gasteiger partial charge in [-0.2, -0.15) is 0 Å². The van der Waals surface area contributed by atoms with Gasteiger partial charge in [-0.1, -0.05) is 6.07 Å². The van der Waals surface area contributed by atoms with Crippen LogP contribution in [0.4, 0.5) is 0 Å². The first-order valence-corrected chi connectivity index (χ1v) is 9.17. The molecule has 0 aliphatic carbocycles. The second kappa shape index (κ2) is 11.1. The Hall–Kier alpha value is -2.47. The van der Waals surface area contributed by atoms with Crippen molar-refractivity contribution < 1.29 is 49.6 Å². The smallest absolute Gasteiger partial charge is 0.328 e. The molecule has 1 heterocycles. The molecule has 1 aliphatic heterocycles. The Kier molecular flexibility index (Phi) is 8.78. The van der Waals surface area contributed by atoms with Crippen molar-refractivity contribution in [1.82, 2.24) is 0 Å². The molecule has 5 atom stereocenters. The molecule has 166 valence electrons. The van der Waals surface area contributed by atoms with E-state index in [1.807, 2.05) is 0 Å². The monoisotopic (exact) mass is 426 g/mol. The zero-order valence-corrected chi connectivity index (χ0v) is 16.3. The van der Waals surface area contributed by atoms with Gasteiger partial charge in [-0.25, -0.2) is 4.79 Å². The maximum atomic E-state index is 10.5. The maximum absolute atomic E-state index is 10.5. The molecule has 1 fully saturated rings. The van der Waals surface area contributed by atoms with E-state index in [0.29, 0.717) is 11.1 Å². The van der Waals surface area contributed by atoms with E-state index < -0.39 is 43.3 Å². The summed E-state index contributed by atoms with van der Waals surface area (Å²) < 4.78 is 16.1. The molecule has 1 saturated heterocycles. The van der Waals surface area contributed by atoms with Crippen molar-refractivity contribution >= 4 is 12.0 Å². The molecule has 1 aromatic carbocycles. The normalized spacial score (nSPS) is 27.4. The van der Waals surface area contributed by atoms with Gasteiger partial charge in [0.25, 0.3) is 0 Å². The van der Waals surface area contributed by atoms with E-state index in [-0.39, 0.29) is 24.7 Å². The van der Waals surface area contributed by atoms with Crippen molar-refractivity contribution in [3.63, 3.8) is 0 Å². The largest absolute Gasteiger partial charge is 0.504 e. The minimum atomic E-state index is -1.51. The highest BCUT2D eigenvalue weighted by atomic mass is 16.7.